The van der Waals surface area contributed by atoms with E-state index in [9.17, 15) is 9.59 Å². The third-order valence-corrected chi connectivity index (χ3v) is 7.33. The molecule has 2 aromatic rings. The van der Waals surface area contributed by atoms with Gasteiger partial charge in [0, 0.05) is 55.6 Å². The molecular formula is C26H32N4O2. The van der Waals surface area contributed by atoms with Crippen LogP contribution >= 0.6 is 0 Å². The molecule has 1 heterocycles. The summed E-state index contributed by atoms with van der Waals surface area (Å²) >= 11 is 0. The highest BCUT2D eigenvalue weighted by Gasteiger charge is 2.36. The molecule has 3 aliphatic rings. The number of carbonyl (C=O) groups excluding carboxylic acids is 2. The van der Waals surface area contributed by atoms with Gasteiger partial charge in [0.05, 0.1) is 22.5 Å². The Morgan fingerprint density at radius 3 is 2.19 bits per heavy atom. The Balaban J connectivity index is 1.49. The maximum Gasteiger partial charge on any atom is 0.196 e. The van der Waals surface area contributed by atoms with E-state index in [0.29, 0.717) is 46.2 Å². The molecule has 2 aromatic carbocycles. The fraction of sp³-hybridized carbons (Fsp3) is 0.462. The third kappa shape index (κ3) is 3.47. The molecule has 0 radical (unpaired) electrons. The van der Waals surface area contributed by atoms with Crippen LogP contribution in [0.25, 0.3) is 0 Å². The van der Waals surface area contributed by atoms with Gasteiger partial charge in [-0.15, -0.1) is 0 Å². The van der Waals surface area contributed by atoms with Crippen molar-refractivity contribution in [3.63, 3.8) is 0 Å². The number of benzene rings is 2. The Labute approximate surface area is 189 Å². The van der Waals surface area contributed by atoms with Crippen molar-refractivity contribution in [3.8, 4) is 0 Å². The Hall–Kier alpha value is -2.86. The number of nitrogens with zero attached hydrogens (tertiary/aromatic N) is 2. The summed E-state index contributed by atoms with van der Waals surface area (Å²) in [4.78, 5) is 31.7. The van der Waals surface area contributed by atoms with Crippen LogP contribution < -0.4 is 16.0 Å². The normalized spacial score (nSPS) is 19.6. The molecule has 1 saturated carbocycles. The fourth-order valence-electron chi connectivity index (χ4n) is 5.67. The lowest BCUT2D eigenvalue weighted by Crippen LogP contribution is -2.51. The van der Waals surface area contributed by atoms with Crippen molar-refractivity contribution in [2.24, 2.45) is 0 Å². The number of hydrogen-bond acceptors (Lipinski definition) is 6. The van der Waals surface area contributed by atoms with Gasteiger partial charge in [0.1, 0.15) is 0 Å². The topological polar surface area (TPSA) is 78.7 Å². The van der Waals surface area contributed by atoms with Crippen LogP contribution in [-0.2, 0) is 0 Å². The van der Waals surface area contributed by atoms with Crippen molar-refractivity contribution >= 4 is 28.6 Å². The monoisotopic (exact) mass is 432 g/mol. The van der Waals surface area contributed by atoms with E-state index < -0.39 is 0 Å². The summed E-state index contributed by atoms with van der Waals surface area (Å²) in [6.45, 7) is 6.43. The Morgan fingerprint density at radius 1 is 0.938 bits per heavy atom. The van der Waals surface area contributed by atoms with Gasteiger partial charge in [-0.2, -0.15) is 0 Å². The van der Waals surface area contributed by atoms with Gasteiger partial charge in [-0.25, -0.2) is 0 Å². The highest BCUT2D eigenvalue weighted by atomic mass is 16.1. The van der Waals surface area contributed by atoms with Gasteiger partial charge in [-0.05, 0) is 25.8 Å². The van der Waals surface area contributed by atoms with Gasteiger partial charge in [-0.3, -0.25) is 14.5 Å². The lowest BCUT2D eigenvalue weighted by molar-refractivity contribution is 0.0980. The van der Waals surface area contributed by atoms with Crippen molar-refractivity contribution in [1.29, 1.82) is 0 Å². The number of anilines is 3. The second-order valence-corrected chi connectivity index (χ2v) is 9.16. The summed E-state index contributed by atoms with van der Waals surface area (Å²) in [6, 6.07) is 9.73. The summed E-state index contributed by atoms with van der Waals surface area (Å²) < 4.78 is 0. The Bertz CT molecular complexity index is 1050. The van der Waals surface area contributed by atoms with E-state index in [4.69, 9.17) is 5.73 Å². The van der Waals surface area contributed by atoms with Crippen LogP contribution in [0.3, 0.4) is 0 Å². The lowest BCUT2D eigenvalue weighted by Gasteiger charge is -2.42. The third-order valence-electron chi connectivity index (χ3n) is 7.33. The number of nitrogen functional groups attached to an aromatic ring is 1. The number of hydrogen-bond donors (Lipinski definition) is 2. The molecule has 1 saturated heterocycles. The molecule has 0 spiro atoms. The molecule has 1 aliphatic heterocycles. The minimum absolute atomic E-state index is 0.133. The van der Waals surface area contributed by atoms with Crippen molar-refractivity contribution in [3.05, 3.63) is 52.6 Å². The molecule has 168 valence electrons. The number of fused-ring (bicyclic) bond motifs is 2. The number of rotatable bonds is 4. The van der Waals surface area contributed by atoms with Gasteiger partial charge in [0.25, 0.3) is 0 Å². The van der Waals surface area contributed by atoms with Crippen molar-refractivity contribution in [2.45, 2.75) is 45.1 Å². The first-order chi connectivity index (χ1) is 15.6. The summed E-state index contributed by atoms with van der Waals surface area (Å²) in [5.41, 5.74) is 10.3. The van der Waals surface area contributed by atoms with Gasteiger partial charge >= 0.3 is 0 Å². The molecule has 2 fully saturated rings. The molecule has 3 N–H and O–H groups in total. The van der Waals surface area contributed by atoms with Crippen LogP contribution in [0.5, 0.6) is 0 Å². The highest BCUT2D eigenvalue weighted by molar-refractivity contribution is 6.32. The van der Waals surface area contributed by atoms with Gasteiger partial charge in [0.15, 0.2) is 11.6 Å². The van der Waals surface area contributed by atoms with Crippen molar-refractivity contribution in [2.75, 3.05) is 48.7 Å². The van der Waals surface area contributed by atoms with Crippen LogP contribution in [0.2, 0.25) is 0 Å². The first-order valence-electron chi connectivity index (χ1n) is 12.0. The first kappa shape index (κ1) is 21.0. The molecular weight excluding hydrogens is 400 g/mol. The molecule has 0 amide bonds. The molecule has 0 bridgehead atoms. The zero-order valence-corrected chi connectivity index (χ0v) is 18.8. The second kappa shape index (κ2) is 8.58. The smallest absolute Gasteiger partial charge is 0.196 e. The maximum atomic E-state index is 13.4. The summed E-state index contributed by atoms with van der Waals surface area (Å²) in [7, 11) is 0. The largest absolute Gasteiger partial charge is 0.396 e. The zero-order chi connectivity index (χ0) is 22.2. The molecule has 0 atom stereocenters. The summed E-state index contributed by atoms with van der Waals surface area (Å²) in [6.07, 6.45) is 6.66. The van der Waals surface area contributed by atoms with Crippen molar-refractivity contribution < 1.29 is 9.59 Å². The van der Waals surface area contributed by atoms with Gasteiger partial charge in [0.2, 0.25) is 0 Å². The molecule has 5 rings (SSSR count). The standard InChI is InChI=1S/C26H32N4O2/c1-2-28-20-16-21(30-14-12-29(13-15-30)17-8-4-3-5-9-17)24(27)23-22(20)25(31)18-10-6-7-11-19(18)26(23)32/h6-7,10-11,16-17,28H,2-5,8-9,12-15,27H2,1H3. The average Bonchev–Trinajstić information content (AvgIpc) is 2.84. The van der Waals surface area contributed by atoms with Gasteiger partial charge < -0.3 is 16.0 Å². The predicted molar refractivity (Wildman–Crippen MR) is 129 cm³/mol. The maximum absolute atomic E-state index is 13.4. The fourth-order valence-corrected chi connectivity index (χ4v) is 5.67. The molecule has 0 aromatic heterocycles. The molecule has 32 heavy (non-hydrogen) atoms. The number of piperazine rings is 1. The Kier molecular flexibility index (Phi) is 5.64. The minimum Gasteiger partial charge on any atom is -0.396 e. The average molecular weight is 433 g/mol. The second-order valence-electron chi connectivity index (χ2n) is 9.16. The van der Waals surface area contributed by atoms with Crippen LogP contribution in [0.1, 0.15) is 70.9 Å². The van der Waals surface area contributed by atoms with Crippen LogP contribution in [0.4, 0.5) is 17.1 Å². The van der Waals surface area contributed by atoms with Crippen LogP contribution in [0, 0.1) is 0 Å². The number of nitrogens with one attached hydrogen (secondary N) is 1. The number of carbonyl (C=O) groups is 2. The first-order valence-corrected chi connectivity index (χ1v) is 12.0. The van der Waals surface area contributed by atoms with Crippen LogP contribution in [-0.4, -0.2) is 55.2 Å². The van der Waals surface area contributed by atoms with Crippen molar-refractivity contribution in [1.82, 2.24) is 4.90 Å². The van der Waals surface area contributed by atoms with E-state index in [0.717, 1.165) is 31.9 Å². The van der Waals surface area contributed by atoms with E-state index in [-0.39, 0.29) is 11.6 Å². The van der Waals surface area contributed by atoms with E-state index in [1.54, 1.807) is 24.3 Å². The molecule has 6 heteroatoms. The lowest BCUT2D eigenvalue weighted by atomic mass is 9.81. The highest BCUT2D eigenvalue weighted by Crippen LogP contribution is 2.41. The van der Waals surface area contributed by atoms with E-state index >= 15 is 0 Å². The zero-order valence-electron chi connectivity index (χ0n) is 18.8. The summed E-state index contributed by atoms with van der Waals surface area (Å²) in [5.74, 6) is -0.291. The van der Waals surface area contributed by atoms with Crippen LogP contribution in [0.15, 0.2) is 30.3 Å². The van der Waals surface area contributed by atoms with E-state index in [1.807, 2.05) is 13.0 Å². The number of nitrogens with two attached hydrogens (primary N) is 1. The minimum atomic E-state index is -0.158. The quantitative estimate of drug-likeness (QED) is 0.608. The van der Waals surface area contributed by atoms with E-state index in [1.165, 1.54) is 32.1 Å². The molecule has 0 unspecified atom stereocenters. The summed E-state index contributed by atoms with van der Waals surface area (Å²) in [5, 5.41) is 3.32. The molecule has 2 aliphatic carbocycles. The Morgan fingerprint density at radius 2 is 1.56 bits per heavy atom. The molecule has 6 nitrogen and oxygen atoms in total. The predicted octanol–water partition coefficient (Wildman–Crippen LogP) is 3.93. The SMILES string of the molecule is CCNc1cc(N2CCN(C3CCCCC3)CC2)c(N)c2c1C(=O)c1ccccc1C2=O. The van der Waals surface area contributed by atoms with Gasteiger partial charge in [-0.1, -0.05) is 43.5 Å². The van der Waals surface area contributed by atoms with E-state index in [2.05, 4.69) is 15.1 Å². The number of ketones is 2.